The van der Waals surface area contributed by atoms with Crippen LogP contribution in [0.25, 0.3) is 17.0 Å². The number of nitriles is 2. The molecule has 0 aliphatic carbocycles. The van der Waals surface area contributed by atoms with E-state index >= 15 is 0 Å². The number of fused-ring (bicyclic) bond motifs is 1. The minimum Gasteiger partial charge on any atom is -0.456 e. The monoisotopic (exact) mass is 279 g/mol. The highest BCUT2D eigenvalue weighted by molar-refractivity contribution is 6.09. The predicted octanol–water partition coefficient (Wildman–Crippen LogP) is 2.91. The quantitative estimate of drug-likeness (QED) is 0.807. The summed E-state index contributed by atoms with van der Waals surface area (Å²) < 4.78 is 5.66. The Kier molecular flexibility index (Phi) is 3.77. The van der Waals surface area contributed by atoms with Crippen molar-refractivity contribution in [3.63, 3.8) is 0 Å². The van der Waals surface area contributed by atoms with Crippen molar-refractivity contribution in [2.45, 2.75) is 6.92 Å². The van der Waals surface area contributed by atoms with Crippen molar-refractivity contribution in [2.24, 2.45) is 0 Å². The summed E-state index contributed by atoms with van der Waals surface area (Å²) in [5.41, 5.74) is 1.31. The van der Waals surface area contributed by atoms with Gasteiger partial charge in [-0.15, -0.1) is 0 Å². The lowest BCUT2D eigenvalue weighted by Crippen LogP contribution is -2.00. The van der Waals surface area contributed by atoms with Gasteiger partial charge in [0.05, 0.1) is 16.7 Å². The van der Waals surface area contributed by atoms with Crippen LogP contribution in [0, 0.1) is 22.7 Å². The van der Waals surface area contributed by atoms with Crippen molar-refractivity contribution in [1.82, 2.24) is 4.90 Å². The maximum atomic E-state index is 11.9. The summed E-state index contributed by atoms with van der Waals surface area (Å²) in [5.74, 6) is 0.269. The molecule has 1 heterocycles. The molecule has 0 aliphatic heterocycles. The minimum absolute atomic E-state index is 0.152. The largest absolute Gasteiger partial charge is 0.456 e. The van der Waals surface area contributed by atoms with Crippen LogP contribution in [0.3, 0.4) is 0 Å². The number of Topliss-reactive ketones (excluding diaryl/α,β-unsaturated/α-hetero) is 1. The van der Waals surface area contributed by atoms with Gasteiger partial charge in [0.1, 0.15) is 23.5 Å². The summed E-state index contributed by atoms with van der Waals surface area (Å²) >= 11 is 0. The molecule has 1 aromatic heterocycles. The number of hydrogen-bond acceptors (Lipinski definition) is 5. The van der Waals surface area contributed by atoms with Crippen LogP contribution in [0.2, 0.25) is 0 Å². The van der Waals surface area contributed by atoms with Crippen molar-refractivity contribution >= 4 is 22.8 Å². The third-order valence-corrected chi connectivity index (χ3v) is 2.97. The molecule has 0 radical (unpaired) electrons. The Morgan fingerprint density at radius 1 is 1.24 bits per heavy atom. The van der Waals surface area contributed by atoms with E-state index in [2.05, 4.69) is 0 Å². The summed E-state index contributed by atoms with van der Waals surface area (Å²) in [6.07, 6.45) is 3.45. The average Bonchev–Trinajstić information content (AvgIpc) is 2.80. The van der Waals surface area contributed by atoms with Crippen LogP contribution in [0.5, 0.6) is 0 Å². The van der Waals surface area contributed by atoms with Crippen LogP contribution in [0.4, 0.5) is 0 Å². The van der Waals surface area contributed by atoms with Crippen LogP contribution < -0.4 is 0 Å². The maximum absolute atomic E-state index is 11.9. The molecule has 0 N–H and O–H groups in total. The number of rotatable bonds is 3. The molecule has 0 spiro atoms. The lowest BCUT2D eigenvalue weighted by atomic mass is 10.0. The zero-order valence-electron chi connectivity index (χ0n) is 12.0. The van der Waals surface area contributed by atoms with E-state index in [0.717, 1.165) is 0 Å². The number of nitrogens with zero attached hydrogens (tertiary/aromatic N) is 3. The predicted molar refractivity (Wildman–Crippen MR) is 78.4 cm³/mol. The van der Waals surface area contributed by atoms with Gasteiger partial charge in [0.25, 0.3) is 0 Å². The molecule has 0 saturated carbocycles. The first-order valence-corrected chi connectivity index (χ1v) is 6.24. The number of benzene rings is 1. The Labute approximate surface area is 122 Å². The molecule has 1 aromatic carbocycles. The molecule has 2 rings (SSSR count). The third-order valence-electron chi connectivity index (χ3n) is 2.97. The summed E-state index contributed by atoms with van der Waals surface area (Å²) in [6, 6.07) is 6.94. The second-order valence-corrected chi connectivity index (χ2v) is 4.79. The Morgan fingerprint density at radius 2 is 1.86 bits per heavy atom. The zero-order chi connectivity index (χ0) is 15.6. The van der Waals surface area contributed by atoms with Crippen LogP contribution in [-0.2, 0) is 0 Å². The third kappa shape index (κ3) is 2.63. The second-order valence-electron chi connectivity index (χ2n) is 4.79. The van der Waals surface area contributed by atoms with E-state index in [4.69, 9.17) is 14.9 Å². The van der Waals surface area contributed by atoms with E-state index < -0.39 is 0 Å². The summed E-state index contributed by atoms with van der Waals surface area (Å²) in [7, 11) is 3.71. The molecule has 0 aliphatic rings. The van der Waals surface area contributed by atoms with E-state index in [1.165, 1.54) is 19.1 Å². The van der Waals surface area contributed by atoms with Gasteiger partial charge in [-0.05, 0) is 19.1 Å². The highest BCUT2D eigenvalue weighted by Gasteiger charge is 2.18. The van der Waals surface area contributed by atoms with E-state index in [9.17, 15) is 4.79 Å². The standard InChI is InChI=1S/C16H13N3O2/c1-10(20)16-13-6-11(8-17)12(9-18)7-15(13)21-14(16)4-5-19(2)3/h4-7H,1-3H3/b5-4+. The molecule has 5 heteroatoms. The Bertz CT molecular complexity index is 830. The van der Waals surface area contributed by atoms with Crippen molar-refractivity contribution in [1.29, 1.82) is 10.5 Å². The highest BCUT2D eigenvalue weighted by atomic mass is 16.3. The van der Waals surface area contributed by atoms with Crippen LogP contribution in [0.1, 0.15) is 34.2 Å². The van der Waals surface area contributed by atoms with Crippen molar-refractivity contribution in [3.8, 4) is 12.1 Å². The van der Waals surface area contributed by atoms with Crippen molar-refractivity contribution < 1.29 is 9.21 Å². The van der Waals surface area contributed by atoms with Gasteiger partial charge in [0.15, 0.2) is 5.78 Å². The minimum atomic E-state index is -0.152. The second kappa shape index (κ2) is 5.52. The first-order valence-electron chi connectivity index (χ1n) is 6.24. The first-order chi connectivity index (χ1) is 9.97. The zero-order valence-corrected chi connectivity index (χ0v) is 12.0. The molecule has 5 nitrogen and oxygen atoms in total. The molecule has 0 atom stereocenters. The summed E-state index contributed by atoms with van der Waals surface area (Å²) in [4.78, 5) is 13.7. The van der Waals surface area contributed by atoms with Crippen molar-refractivity contribution in [3.05, 3.63) is 40.8 Å². The van der Waals surface area contributed by atoms with Crippen LogP contribution in [0.15, 0.2) is 22.7 Å². The number of hydrogen-bond donors (Lipinski definition) is 0. The van der Waals surface area contributed by atoms with E-state index in [-0.39, 0.29) is 16.9 Å². The summed E-state index contributed by atoms with van der Waals surface area (Å²) in [5, 5.41) is 18.7. The van der Waals surface area contributed by atoms with Gasteiger partial charge < -0.3 is 9.32 Å². The molecule has 2 aromatic rings. The fourth-order valence-corrected chi connectivity index (χ4v) is 2.04. The number of carbonyl (C=O) groups excluding carboxylic acids is 1. The van der Waals surface area contributed by atoms with Gasteiger partial charge in [-0.25, -0.2) is 0 Å². The van der Waals surface area contributed by atoms with Gasteiger partial charge >= 0.3 is 0 Å². The maximum Gasteiger partial charge on any atom is 0.164 e. The molecular weight excluding hydrogens is 266 g/mol. The van der Waals surface area contributed by atoms with Crippen LogP contribution >= 0.6 is 0 Å². The fraction of sp³-hybridized carbons (Fsp3) is 0.188. The molecule has 21 heavy (non-hydrogen) atoms. The lowest BCUT2D eigenvalue weighted by molar-refractivity contribution is 0.101. The Hall–Kier alpha value is -3.05. The smallest absolute Gasteiger partial charge is 0.164 e. The SMILES string of the molecule is CC(=O)c1c(/C=C/N(C)C)oc2cc(C#N)c(C#N)cc12. The Morgan fingerprint density at radius 3 is 2.38 bits per heavy atom. The number of ketones is 1. The average molecular weight is 279 g/mol. The number of carbonyl (C=O) groups is 1. The molecule has 0 saturated heterocycles. The fourth-order valence-electron chi connectivity index (χ4n) is 2.04. The molecule has 104 valence electrons. The van der Waals surface area contributed by atoms with Gasteiger partial charge in [-0.2, -0.15) is 10.5 Å². The molecule has 0 fully saturated rings. The van der Waals surface area contributed by atoms with Gasteiger partial charge in [0, 0.05) is 31.7 Å². The van der Waals surface area contributed by atoms with Crippen molar-refractivity contribution in [2.75, 3.05) is 14.1 Å². The number of furan rings is 1. The molecule has 0 amide bonds. The van der Waals surface area contributed by atoms with E-state index in [0.29, 0.717) is 22.3 Å². The van der Waals surface area contributed by atoms with Gasteiger partial charge in [-0.3, -0.25) is 4.79 Å². The summed E-state index contributed by atoms with van der Waals surface area (Å²) in [6.45, 7) is 1.45. The molecule has 0 bridgehead atoms. The molecule has 0 unspecified atom stereocenters. The van der Waals surface area contributed by atoms with Gasteiger partial charge in [0.2, 0.25) is 0 Å². The molecular formula is C16H13N3O2. The van der Waals surface area contributed by atoms with E-state index in [1.54, 1.807) is 12.3 Å². The van der Waals surface area contributed by atoms with Gasteiger partial charge in [-0.1, -0.05) is 0 Å². The van der Waals surface area contributed by atoms with E-state index in [1.807, 2.05) is 31.1 Å². The highest BCUT2D eigenvalue weighted by Crippen LogP contribution is 2.30. The first kappa shape index (κ1) is 14.4. The topological polar surface area (TPSA) is 81.0 Å². The Balaban J connectivity index is 2.78. The normalized spacial score (nSPS) is 10.5. The lowest BCUT2D eigenvalue weighted by Gasteiger charge is -2.02. The van der Waals surface area contributed by atoms with Crippen LogP contribution in [-0.4, -0.2) is 24.8 Å².